The van der Waals surface area contributed by atoms with Gasteiger partial charge in [-0.3, -0.25) is 8.98 Å². The number of nitrogens with two attached hydrogens (primary N) is 2. The van der Waals surface area contributed by atoms with Crippen LogP contribution in [0.1, 0.15) is 27.7 Å². The second-order valence-corrected chi connectivity index (χ2v) is 8.38. The molecule has 3 saturated heterocycles. The number of aliphatic carboxylic acids is 1. The van der Waals surface area contributed by atoms with Gasteiger partial charge in [-0.05, 0) is 27.7 Å². The van der Waals surface area contributed by atoms with Crippen LogP contribution in [0.25, 0.3) is 0 Å². The molecule has 0 aromatic heterocycles. The number of rotatable bonds is 4. The zero-order valence-corrected chi connectivity index (χ0v) is 16.4. The first-order valence-corrected chi connectivity index (χ1v) is 9.62. The molecule has 4 atom stereocenters. The van der Waals surface area contributed by atoms with Gasteiger partial charge in [-0.25, -0.2) is 5.14 Å². The lowest BCUT2D eigenvalue weighted by molar-refractivity contribution is -0.290. The van der Waals surface area contributed by atoms with Gasteiger partial charge in [-0.1, -0.05) is 0 Å². The first kappa shape index (κ1) is 22.4. The molecule has 12 nitrogen and oxygen atoms in total. The molecule has 0 unspecified atom stereocenters. The lowest BCUT2D eigenvalue weighted by atomic mass is 9.98. The van der Waals surface area contributed by atoms with Gasteiger partial charge in [0.05, 0.1) is 13.2 Å². The molecule has 3 aliphatic rings. The fourth-order valence-corrected chi connectivity index (χ4v) is 3.44. The molecule has 0 radical (unpaired) electrons. The number of carbonyl (C=O) groups is 1. The van der Waals surface area contributed by atoms with Crippen LogP contribution in [0.5, 0.6) is 0 Å². The van der Waals surface area contributed by atoms with Gasteiger partial charge >= 0.3 is 16.3 Å². The second kappa shape index (κ2) is 7.50. The van der Waals surface area contributed by atoms with E-state index in [1.807, 2.05) is 0 Å². The number of carboxylic acids is 1. The highest BCUT2D eigenvalue weighted by molar-refractivity contribution is 7.84. The topological polar surface area (TPSA) is 179 Å². The predicted octanol–water partition coefficient (Wildman–Crippen LogP) is -1.37. The summed E-state index contributed by atoms with van der Waals surface area (Å²) in [5, 5.41) is 12.5. The molecule has 158 valence electrons. The molecule has 3 heterocycles. The maximum atomic E-state index is 11.1. The Morgan fingerprint density at radius 1 is 1.19 bits per heavy atom. The van der Waals surface area contributed by atoms with Crippen molar-refractivity contribution in [3.8, 4) is 0 Å². The monoisotopic (exact) mass is 414 g/mol. The van der Waals surface area contributed by atoms with Crippen LogP contribution >= 0.6 is 0 Å². The first-order chi connectivity index (χ1) is 12.2. The Morgan fingerprint density at radius 3 is 2.30 bits per heavy atom. The summed E-state index contributed by atoms with van der Waals surface area (Å²) < 4.78 is 55.9. The van der Waals surface area contributed by atoms with Crippen molar-refractivity contribution in [3.63, 3.8) is 0 Å². The van der Waals surface area contributed by atoms with Crippen molar-refractivity contribution in [3.05, 3.63) is 0 Å². The van der Waals surface area contributed by atoms with Gasteiger partial charge in [-0.2, -0.15) is 8.42 Å². The summed E-state index contributed by atoms with van der Waals surface area (Å²) in [7, 11) is -4.14. The molecule has 5 N–H and O–H groups in total. The maximum Gasteiger partial charge on any atom is 0.333 e. The van der Waals surface area contributed by atoms with E-state index in [1.165, 1.54) is 0 Å². The zero-order valence-electron chi connectivity index (χ0n) is 15.5. The SMILES string of the molecule is CC1(C)O[C@@H]2[C@@H](CO[C@@]3(COS(N)(=O)=O)OC(C)(C)O[C@@H]23)O1.NCC(=O)O. The van der Waals surface area contributed by atoms with Crippen molar-refractivity contribution in [1.82, 2.24) is 0 Å². The number of hydrogen-bond donors (Lipinski definition) is 3. The Balaban J connectivity index is 0.000000465. The van der Waals surface area contributed by atoms with Crippen LogP contribution in [0.3, 0.4) is 0 Å². The summed E-state index contributed by atoms with van der Waals surface area (Å²) in [6.07, 6.45) is -1.50. The fraction of sp³-hybridized carbons (Fsp3) is 0.929. The van der Waals surface area contributed by atoms with E-state index in [9.17, 15) is 13.2 Å². The molecule has 13 heteroatoms. The fourth-order valence-electron chi connectivity index (χ4n) is 3.11. The van der Waals surface area contributed by atoms with E-state index in [-0.39, 0.29) is 19.3 Å². The second-order valence-electron chi connectivity index (χ2n) is 7.15. The molecule has 3 fully saturated rings. The van der Waals surface area contributed by atoms with Gasteiger partial charge in [0.15, 0.2) is 11.6 Å². The summed E-state index contributed by atoms with van der Waals surface area (Å²) in [6, 6.07) is 0. The van der Waals surface area contributed by atoms with E-state index in [0.29, 0.717) is 0 Å². The minimum Gasteiger partial charge on any atom is -0.480 e. The smallest absolute Gasteiger partial charge is 0.333 e. The Kier molecular flexibility index (Phi) is 6.22. The highest BCUT2D eigenvalue weighted by Gasteiger charge is 2.65. The molecule has 0 spiro atoms. The third-order valence-electron chi connectivity index (χ3n) is 3.87. The number of carboxylic acid groups (broad SMARTS) is 1. The van der Waals surface area contributed by atoms with Crippen LogP contribution in [0.2, 0.25) is 0 Å². The standard InChI is InChI=1S/C12H21NO8S.C2H5NO2/c1-10(2)18-7-5-16-12(6-17-22(13,14)15)9(8(7)19-10)20-11(3,4)21-12;3-1-2(4)5/h7-9H,5-6H2,1-4H3,(H2,13,14,15);1,3H2,(H,4,5)/t7-,8-,9+,12+;/m1./s1. The Morgan fingerprint density at radius 2 is 1.78 bits per heavy atom. The van der Waals surface area contributed by atoms with Crippen LogP contribution in [0.15, 0.2) is 0 Å². The van der Waals surface area contributed by atoms with Gasteiger partial charge in [0, 0.05) is 0 Å². The third kappa shape index (κ3) is 5.56. The van der Waals surface area contributed by atoms with E-state index < -0.39 is 52.4 Å². The minimum absolute atomic E-state index is 0.165. The lowest BCUT2D eigenvalue weighted by Crippen LogP contribution is -2.60. The molecule has 0 aliphatic carbocycles. The van der Waals surface area contributed by atoms with Crippen molar-refractivity contribution in [1.29, 1.82) is 0 Å². The highest BCUT2D eigenvalue weighted by Crippen LogP contribution is 2.47. The molecule has 0 saturated carbocycles. The Labute approximate surface area is 157 Å². The Bertz CT molecular complexity index is 667. The van der Waals surface area contributed by atoms with Crippen molar-refractivity contribution >= 4 is 16.3 Å². The summed E-state index contributed by atoms with van der Waals surface area (Å²) in [5.41, 5.74) is 4.57. The molecular formula is C14H26N2O10S. The number of ether oxygens (including phenoxy) is 5. The average molecular weight is 414 g/mol. The summed E-state index contributed by atoms with van der Waals surface area (Å²) in [5.74, 6) is -4.16. The number of fused-ring (bicyclic) bond motifs is 3. The van der Waals surface area contributed by atoms with Crippen LogP contribution < -0.4 is 10.9 Å². The zero-order chi connectivity index (χ0) is 20.7. The third-order valence-corrected chi connectivity index (χ3v) is 4.32. The summed E-state index contributed by atoms with van der Waals surface area (Å²) >= 11 is 0. The molecule has 0 amide bonds. The maximum absolute atomic E-state index is 11.1. The van der Waals surface area contributed by atoms with E-state index in [0.717, 1.165) is 0 Å². The van der Waals surface area contributed by atoms with Crippen molar-refractivity contribution in [2.24, 2.45) is 10.9 Å². The molecule has 27 heavy (non-hydrogen) atoms. The van der Waals surface area contributed by atoms with Gasteiger partial charge in [0.25, 0.3) is 0 Å². The first-order valence-electron chi connectivity index (χ1n) is 8.15. The molecular weight excluding hydrogens is 388 g/mol. The molecule has 0 aromatic carbocycles. The van der Waals surface area contributed by atoms with Crippen LogP contribution in [0, 0.1) is 0 Å². The normalized spacial score (nSPS) is 36.3. The van der Waals surface area contributed by atoms with Crippen molar-refractivity contribution < 1.29 is 46.2 Å². The minimum atomic E-state index is -4.14. The van der Waals surface area contributed by atoms with E-state index >= 15 is 0 Å². The Hall–Kier alpha value is -0.900. The average Bonchev–Trinajstić information content (AvgIpc) is 2.97. The highest BCUT2D eigenvalue weighted by atomic mass is 32.2. The van der Waals surface area contributed by atoms with Crippen LogP contribution in [-0.2, 0) is 43.0 Å². The largest absolute Gasteiger partial charge is 0.480 e. The lowest BCUT2D eigenvalue weighted by Gasteiger charge is -2.40. The molecule has 0 bridgehead atoms. The van der Waals surface area contributed by atoms with E-state index in [2.05, 4.69) is 5.73 Å². The van der Waals surface area contributed by atoms with Gasteiger partial charge in [0.2, 0.25) is 5.79 Å². The summed E-state index contributed by atoms with van der Waals surface area (Å²) in [6.45, 7) is 6.43. The van der Waals surface area contributed by atoms with Crippen molar-refractivity contribution in [2.45, 2.75) is 63.4 Å². The van der Waals surface area contributed by atoms with Crippen LogP contribution in [-0.4, -0.2) is 74.9 Å². The quantitative estimate of drug-likeness (QED) is 0.494. The van der Waals surface area contributed by atoms with Gasteiger partial charge in [-0.15, -0.1) is 0 Å². The molecule has 0 aromatic rings. The van der Waals surface area contributed by atoms with E-state index in [4.69, 9.17) is 38.1 Å². The van der Waals surface area contributed by atoms with E-state index in [1.54, 1.807) is 27.7 Å². The molecule has 3 rings (SSSR count). The van der Waals surface area contributed by atoms with Gasteiger partial charge < -0.3 is 34.5 Å². The number of hydrogen-bond acceptors (Lipinski definition) is 10. The molecule has 3 aliphatic heterocycles. The summed E-state index contributed by atoms with van der Waals surface area (Å²) in [4.78, 5) is 9.24. The van der Waals surface area contributed by atoms with Gasteiger partial charge in [0.1, 0.15) is 24.9 Å². The predicted molar refractivity (Wildman–Crippen MR) is 88.3 cm³/mol. The van der Waals surface area contributed by atoms with Crippen molar-refractivity contribution in [2.75, 3.05) is 19.8 Å². The van der Waals surface area contributed by atoms with Crippen LogP contribution in [0.4, 0.5) is 0 Å².